The summed E-state index contributed by atoms with van der Waals surface area (Å²) in [7, 11) is 0. The molecule has 1 amide bonds. The van der Waals surface area contributed by atoms with Crippen molar-refractivity contribution in [3.05, 3.63) is 0 Å². The van der Waals surface area contributed by atoms with E-state index in [1.807, 2.05) is 6.92 Å². The monoisotopic (exact) mass is 244 g/mol. The second-order valence-electron chi connectivity index (χ2n) is 4.50. The Kier molecular flexibility index (Phi) is 7.16. The topological polar surface area (TPSA) is 73.6 Å². The third-order valence-electron chi connectivity index (χ3n) is 2.96. The van der Waals surface area contributed by atoms with Crippen LogP contribution < -0.4 is 11.1 Å². The molecule has 0 aromatic carbocycles. The number of hydrogen-bond acceptors (Lipinski definition) is 4. The van der Waals surface area contributed by atoms with Crippen LogP contribution >= 0.6 is 0 Å². The van der Waals surface area contributed by atoms with E-state index in [1.165, 1.54) is 0 Å². The zero-order valence-electron chi connectivity index (χ0n) is 10.6. The minimum Gasteiger partial charge on any atom is -0.381 e. The molecule has 0 spiro atoms. The van der Waals surface area contributed by atoms with Gasteiger partial charge in [-0.15, -0.1) is 0 Å². The Hall–Kier alpha value is -0.650. The van der Waals surface area contributed by atoms with E-state index in [4.69, 9.17) is 15.2 Å². The summed E-state index contributed by atoms with van der Waals surface area (Å²) in [5.74, 6) is 0.217. The van der Waals surface area contributed by atoms with Crippen LogP contribution in [0, 0.1) is 5.92 Å². The van der Waals surface area contributed by atoms with Gasteiger partial charge in [0.15, 0.2) is 0 Å². The number of amides is 1. The molecule has 0 aromatic heterocycles. The van der Waals surface area contributed by atoms with Crippen LogP contribution in [0.15, 0.2) is 0 Å². The van der Waals surface area contributed by atoms with Gasteiger partial charge in [-0.1, -0.05) is 6.92 Å². The maximum Gasteiger partial charge on any atom is 0.236 e. The van der Waals surface area contributed by atoms with Gasteiger partial charge in [-0.2, -0.15) is 0 Å². The number of nitrogens with two attached hydrogens (primary N) is 1. The smallest absolute Gasteiger partial charge is 0.236 e. The predicted molar refractivity (Wildman–Crippen MR) is 65.6 cm³/mol. The van der Waals surface area contributed by atoms with Gasteiger partial charge < -0.3 is 20.5 Å². The van der Waals surface area contributed by atoms with Gasteiger partial charge in [-0.25, -0.2) is 0 Å². The maximum atomic E-state index is 11.1. The standard InChI is InChI=1S/C12H24N2O3/c1-2-5-14-11(12(13)15)9-17-8-10-3-6-16-7-4-10/h10-11,14H,2-9H2,1H3,(H2,13,15). The zero-order valence-corrected chi connectivity index (χ0v) is 10.6. The SMILES string of the molecule is CCCNC(COCC1CCOCC1)C(N)=O. The zero-order chi connectivity index (χ0) is 12.5. The molecule has 3 N–H and O–H groups in total. The normalized spacial score (nSPS) is 19.1. The van der Waals surface area contributed by atoms with Crippen LogP contribution in [0.25, 0.3) is 0 Å². The first kappa shape index (κ1) is 14.4. The molecule has 0 saturated carbocycles. The van der Waals surface area contributed by atoms with Crippen LogP contribution in [0.2, 0.25) is 0 Å². The molecule has 1 atom stereocenters. The first-order valence-electron chi connectivity index (χ1n) is 6.42. The van der Waals surface area contributed by atoms with Crippen LogP contribution in [0.5, 0.6) is 0 Å². The first-order chi connectivity index (χ1) is 8.24. The van der Waals surface area contributed by atoms with E-state index >= 15 is 0 Å². The van der Waals surface area contributed by atoms with Crippen LogP contribution in [0.4, 0.5) is 0 Å². The van der Waals surface area contributed by atoms with Gasteiger partial charge in [-0.3, -0.25) is 4.79 Å². The lowest BCUT2D eigenvalue weighted by molar-refractivity contribution is -0.121. The minimum atomic E-state index is -0.366. The quantitative estimate of drug-likeness (QED) is 0.643. The fourth-order valence-electron chi connectivity index (χ4n) is 1.83. The lowest BCUT2D eigenvalue weighted by atomic mass is 10.0. The van der Waals surface area contributed by atoms with Gasteiger partial charge >= 0.3 is 0 Å². The molecule has 1 aliphatic rings. The van der Waals surface area contributed by atoms with Gasteiger partial charge in [-0.05, 0) is 31.7 Å². The third-order valence-corrected chi connectivity index (χ3v) is 2.96. The van der Waals surface area contributed by atoms with Crippen LogP contribution in [0.1, 0.15) is 26.2 Å². The number of carbonyl (C=O) groups is 1. The molecule has 5 nitrogen and oxygen atoms in total. The Bertz CT molecular complexity index is 218. The summed E-state index contributed by atoms with van der Waals surface area (Å²) >= 11 is 0. The van der Waals surface area contributed by atoms with Crippen molar-refractivity contribution in [1.29, 1.82) is 0 Å². The van der Waals surface area contributed by atoms with Crippen molar-refractivity contribution in [2.24, 2.45) is 11.7 Å². The van der Waals surface area contributed by atoms with Gasteiger partial charge in [0.05, 0.1) is 6.61 Å². The van der Waals surface area contributed by atoms with Crippen LogP contribution in [-0.2, 0) is 14.3 Å². The van der Waals surface area contributed by atoms with Crippen molar-refractivity contribution in [2.75, 3.05) is 33.0 Å². The molecule has 1 rings (SSSR count). The molecule has 17 heavy (non-hydrogen) atoms. The lowest BCUT2D eigenvalue weighted by Crippen LogP contribution is -2.45. The van der Waals surface area contributed by atoms with E-state index in [0.29, 0.717) is 19.1 Å². The molecule has 1 saturated heterocycles. The summed E-state index contributed by atoms with van der Waals surface area (Å²) < 4.78 is 10.9. The molecule has 1 unspecified atom stereocenters. The van der Waals surface area contributed by atoms with E-state index in [9.17, 15) is 4.79 Å². The van der Waals surface area contributed by atoms with Gasteiger partial charge in [0, 0.05) is 19.8 Å². The molecule has 100 valence electrons. The van der Waals surface area contributed by atoms with Crippen LogP contribution in [-0.4, -0.2) is 44.9 Å². The van der Waals surface area contributed by atoms with E-state index in [1.54, 1.807) is 0 Å². The fraction of sp³-hybridized carbons (Fsp3) is 0.917. The van der Waals surface area contributed by atoms with Crippen molar-refractivity contribution < 1.29 is 14.3 Å². The second kappa shape index (κ2) is 8.44. The molecule has 0 aliphatic carbocycles. The lowest BCUT2D eigenvalue weighted by Gasteiger charge is -2.23. The van der Waals surface area contributed by atoms with E-state index in [2.05, 4.69) is 5.32 Å². The van der Waals surface area contributed by atoms with E-state index in [0.717, 1.165) is 39.0 Å². The molecule has 0 radical (unpaired) electrons. The fourth-order valence-corrected chi connectivity index (χ4v) is 1.83. The average Bonchev–Trinajstić information content (AvgIpc) is 2.34. The van der Waals surface area contributed by atoms with Crippen molar-refractivity contribution >= 4 is 5.91 Å². The summed E-state index contributed by atoms with van der Waals surface area (Å²) in [5, 5.41) is 3.08. The molecule has 1 aliphatic heterocycles. The second-order valence-corrected chi connectivity index (χ2v) is 4.50. The van der Waals surface area contributed by atoms with Gasteiger partial charge in [0.1, 0.15) is 6.04 Å². The summed E-state index contributed by atoms with van der Waals surface area (Å²) in [6.07, 6.45) is 3.07. The average molecular weight is 244 g/mol. The van der Waals surface area contributed by atoms with Gasteiger partial charge in [0.25, 0.3) is 0 Å². The van der Waals surface area contributed by atoms with Crippen LogP contribution in [0.3, 0.4) is 0 Å². The summed E-state index contributed by atoms with van der Waals surface area (Å²) in [6.45, 7) is 5.54. The molecule has 0 aromatic rings. The third kappa shape index (κ3) is 6.00. The Labute approximate surface area is 103 Å². The Morgan fingerprint density at radius 2 is 2.24 bits per heavy atom. The highest BCUT2D eigenvalue weighted by Crippen LogP contribution is 2.14. The number of primary amides is 1. The number of rotatable bonds is 8. The largest absolute Gasteiger partial charge is 0.381 e. The van der Waals surface area contributed by atoms with E-state index < -0.39 is 0 Å². The van der Waals surface area contributed by atoms with Crippen molar-refractivity contribution in [1.82, 2.24) is 5.32 Å². The minimum absolute atomic E-state index is 0.342. The molecule has 5 heteroatoms. The molecular formula is C12H24N2O3. The predicted octanol–water partition coefficient (Wildman–Crippen LogP) is 0.283. The van der Waals surface area contributed by atoms with E-state index in [-0.39, 0.29) is 11.9 Å². The molecule has 1 fully saturated rings. The van der Waals surface area contributed by atoms with Gasteiger partial charge in [0.2, 0.25) is 5.91 Å². The molecule has 1 heterocycles. The maximum absolute atomic E-state index is 11.1. The Balaban J connectivity index is 2.14. The number of nitrogens with one attached hydrogen (secondary N) is 1. The van der Waals surface area contributed by atoms with Crippen molar-refractivity contribution in [2.45, 2.75) is 32.2 Å². The highest BCUT2D eigenvalue weighted by atomic mass is 16.5. The highest BCUT2D eigenvalue weighted by Gasteiger charge is 2.17. The number of ether oxygens (including phenoxy) is 2. The molecular weight excluding hydrogens is 220 g/mol. The summed E-state index contributed by atoms with van der Waals surface area (Å²) in [6, 6.07) is -0.366. The molecule has 0 bridgehead atoms. The Morgan fingerprint density at radius 1 is 1.53 bits per heavy atom. The van der Waals surface area contributed by atoms with Crippen molar-refractivity contribution in [3.8, 4) is 0 Å². The van der Waals surface area contributed by atoms with Crippen molar-refractivity contribution in [3.63, 3.8) is 0 Å². The highest BCUT2D eigenvalue weighted by molar-refractivity contribution is 5.79. The first-order valence-corrected chi connectivity index (χ1v) is 6.42. The summed E-state index contributed by atoms with van der Waals surface area (Å²) in [5.41, 5.74) is 5.30. The Morgan fingerprint density at radius 3 is 2.82 bits per heavy atom. The number of hydrogen-bond donors (Lipinski definition) is 2. The number of carbonyl (C=O) groups excluding carboxylic acids is 1. The summed E-state index contributed by atoms with van der Waals surface area (Å²) in [4.78, 5) is 11.1.